The Kier molecular flexibility index (Phi) is 5.55. The Morgan fingerprint density at radius 1 is 1.12 bits per heavy atom. The van der Waals surface area contributed by atoms with Gasteiger partial charge in [-0.15, -0.1) is 0 Å². The van der Waals surface area contributed by atoms with Crippen molar-refractivity contribution >= 4 is 5.91 Å². The highest BCUT2D eigenvalue weighted by Gasteiger charge is 2.47. The molecule has 1 aromatic heterocycles. The number of rotatable bonds is 4. The molecule has 0 radical (unpaired) electrons. The third-order valence-corrected chi connectivity index (χ3v) is 6.57. The zero-order valence-electron chi connectivity index (χ0n) is 15.7. The van der Waals surface area contributed by atoms with Crippen molar-refractivity contribution in [2.75, 3.05) is 39.4 Å². The standard InChI is InChI=1S/C21H31N3O2/c25-20-21(9-13-24(20)16-18-5-14-26-15-6-18)7-3-11-23(12-8-21)17-19-4-1-2-10-22-19/h1-2,4,10,18H,3,5-9,11-17H2/t21-/m0/s1. The fourth-order valence-electron chi connectivity index (χ4n) is 4.90. The number of likely N-dealkylation sites (tertiary alicyclic amines) is 2. The lowest BCUT2D eigenvalue weighted by Gasteiger charge is -2.30. The van der Waals surface area contributed by atoms with Crippen molar-refractivity contribution in [3.05, 3.63) is 30.1 Å². The van der Waals surface area contributed by atoms with Gasteiger partial charge in [-0.2, -0.15) is 0 Å². The van der Waals surface area contributed by atoms with Crippen molar-refractivity contribution in [3.63, 3.8) is 0 Å². The van der Waals surface area contributed by atoms with E-state index in [9.17, 15) is 4.79 Å². The Hall–Kier alpha value is -1.46. The van der Waals surface area contributed by atoms with E-state index in [-0.39, 0.29) is 5.41 Å². The molecular weight excluding hydrogens is 326 g/mol. The second-order valence-corrected chi connectivity index (χ2v) is 8.29. The number of pyridine rings is 1. The summed E-state index contributed by atoms with van der Waals surface area (Å²) in [6.45, 7) is 6.61. The van der Waals surface area contributed by atoms with Crippen LogP contribution in [0.5, 0.6) is 0 Å². The lowest BCUT2D eigenvalue weighted by molar-refractivity contribution is -0.137. The van der Waals surface area contributed by atoms with Crippen LogP contribution in [-0.4, -0.2) is 60.1 Å². The van der Waals surface area contributed by atoms with Gasteiger partial charge in [-0.3, -0.25) is 14.7 Å². The molecule has 1 atom stereocenters. The molecule has 3 aliphatic heterocycles. The highest BCUT2D eigenvalue weighted by molar-refractivity contribution is 5.84. The van der Waals surface area contributed by atoms with Crippen LogP contribution in [0.15, 0.2) is 24.4 Å². The predicted octanol–water partition coefficient (Wildman–Crippen LogP) is 2.71. The third-order valence-electron chi connectivity index (χ3n) is 6.57. The molecule has 0 saturated carbocycles. The summed E-state index contributed by atoms with van der Waals surface area (Å²) in [5, 5.41) is 0. The van der Waals surface area contributed by atoms with E-state index in [2.05, 4.69) is 26.9 Å². The van der Waals surface area contributed by atoms with Gasteiger partial charge in [-0.05, 0) is 69.7 Å². The summed E-state index contributed by atoms with van der Waals surface area (Å²) in [5.41, 5.74) is 1.03. The fourth-order valence-corrected chi connectivity index (χ4v) is 4.90. The number of aromatic nitrogens is 1. The van der Waals surface area contributed by atoms with Crippen molar-refractivity contribution in [3.8, 4) is 0 Å². The molecule has 1 amide bonds. The van der Waals surface area contributed by atoms with E-state index in [1.165, 1.54) is 0 Å². The van der Waals surface area contributed by atoms with Gasteiger partial charge in [0.2, 0.25) is 5.91 Å². The smallest absolute Gasteiger partial charge is 0.228 e. The average molecular weight is 357 g/mol. The predicted molar refractivity (Wildman–Crippen MR) is 101 cm³/mol. The second kappa shape index (κ2) is 8.05. The highest BCUT2D eigenvalue weighted by Crippen LogP contribution is 2.42. The molecule has 5 heteroatoms. The molecule has 1 aromatic rings. The van der Waals surface area contributed by atoms with Crippen molar-refractivity contribution < 1.29 is 9.53 Å². The number of nitrogens with zero attached hydrogens (tertiary/aromatic N) is 3. The van der Waals surface area contributed by atoms with Crippen LogP contribution >= 0.6 is 0 Å². The maximum absolute atomic E-state index is 13.2. The van der Waals surface area contributed by atoms with E-state index in [4.69, 9.17) is 4.74 Å². The van der Waals surface area contributed by atoms with Gasteiger partial charge in [0.15, 0.2) is 0 Å². The van der Waals surface area contributed by atoms with E-state index in [1.54, 1.807) is 0 Å². The first kappa shape index (κ1) is 17.9. The van der Waals surface area contributed by atoms with E-state index in [0.717, 1.165) is 90.2 Å². The van der Waals surface area contributed by atoms with Gasteiger partial charge >= 0.3 is 0 Å². The largest absolute Gasteiger partial charge is 0.381 e. The van der Waals surface area contributed by atoms with E-state index in [1.807, 2.05) is 12.3 Å². The average Bonchev–Trinajstić information content (AvgIpc) is 2.85. The first-order valence-corrected chi connectivity index (χ1v) is 10.2. The number of carbonyl (C=O) groups is 1. The maximum atomic E-state index is 13.2. The molecule has 0 bridgehead atoms. The maximum Gasteiger partial charge on any atom is 0.228 e. The van der Waals surface area contributed by atoms with E-state index < -0.39 is 0 Å². The summed E-state index contributed by atoms with van der Waals surface area (Å²) in [5.74, 6) is 1.07. The van der Waals surface area contributed by atoms with E-state index in [0.29, 0.717) is 11.8 Å². The van der Waals surface area contributed by atoms with Crippen LogP contribution in [0.25, 0.3) is 0 Å². The number of hydrogen-bond donors (Lipinski definition) is 0. The van der Waals surface area contributed by atoms with Crippen molar-refractivity contribution in [1.82, 2.24) is 14.8 Å². The van der Waals surface area contributed by atoms with Crippen molar-refractivity contribution in [1.29, 1.82) is 0 Å². The zero-order chi connectivity index (χ0) is 17.8. The molecule has 5 nitrogen and oxygen atoms in total. The first-order chi connectivity index (χ1) is 12.8. The summed E-state index contributed by atoms with van der Waals surface area (Å²) in [6, 6.07) is 6.11. The van der Waals surface area contributed by atoms with Gasteiger partial charge in [0.05, 0.1) is 11.1 Å². The molecule has 4 heterocycles. The highest BCUT2D eigenvalue weighted by atomic mass is 16.5. The van der Waals surface area contributed by atoms with Crippen LogP contribution in [0.2, 0.25) is 0 Å². The zero-order valence-corrected chi connectivity index (χ0v) is 15.7. The van der Waals surface area contributed by atoms with E-state index >= 15 is 0 Å². The summed E-state index contributed by atoms with van der Waals surface area (Å²) < 4.78 is 5.46. The van der Waals surface area contributed by atoms with Crippen molar-refractivity contribution in [2.24, 2.45) is 11.3 Å². The molecular formula is C21H31N3O2. The topological polar surface area (TPSA) is 45.7 Å². The van der Waals surface area contributed by atoms with Crippen LogP contribution in [0.4, 0.5) is 0 Å². The van der Waals surface area contributed by atoms with Crippen LogP contribution < -0.4 is 0 Å². The molecule has 0 aliphatic carbocycles. The monoisotopic (exact) mass is 357 g/mol. The van der Waals surface area contributed by atoms with Crippen LogP contribution in [-0.2, 0) is 16.1 Å². The lowest BCUT2D eigenvalue weighted by Crippen LogP contribution is -2.39. The SMILES string of the molecule is O=C1N(CC2CCOCC2)CC[C@@]12CCCN(Cc1ccccn1)CC2. The van der Waals surface area contributed by atoms with Crippen molar-refractivity contribution in [2.45, 2.75) is 45.1 Å². The molecule has 4 rings (SSSR count). The Bertz CT molecular complexity index is 603. The summed E-state index contributed by atoms with van der Waals surface area (Å²) >= 11 is 0. The molecule has 0 aromatic carbocycles. The fraction of sp³-hybridized carbons (Fsp3) is 0.714. The minimum Gasteiger partial charge on any atom is -0.381 e. The van der Waals surface area contributed by atoms with Gasteiger partial charge in [-0.1, -0.05) is 6.07 Å². The molecule has 3 saturated heterocycles. The molecule has 142 valence electrons. The van der Waals surface area contributed by atoms with Crippen LogP contribution in [0, 0.1) is 11.3 Å². The number of amides is 1. The number of ether oxygens (including phenoxy) is 1. The van der Waals surface area contributed by atoms with Gasteiger partial charge in [0, 0.05) is 39.0 Å². The summed E-state index contributed by atoms with van der Waals surface area (Å²) in [4.78, 5) is 22.3. The lowest BCUT2D eigenvalue weighted by atomic mass is 9.79. The minimum absolute atomic E-state index is 0.0932. The normalized spacial score (nSPS) is 28.6. The first-order valence-electron chi connectivity index (χ1n) is 10.2. The third kappa shape index (κ3) is 3.94. The number of carbonyl (C=O) groups excluding carboxylic acids is 1. The molecule has 3 fully saturated rings. The second-order valence-electron chi connectivity index (χ2n) is 8.29. The molecule has 0 unspecified atom stereocenters. The molecule has 0 N–H and O–H groups in total. The van der Waals surface area contributed by atoms with Gasteiger partial charge in [0.25, 0.3) is 0 Å². The Labute approximate surface area is 156 Å². The molecule has 3 aliphatic rings. The quantitative estimate of drug-likeness (QED) is 0.831. The van der Waals surface area contributed by atoms with Gasteiger partial charge in [-0.25, -0.2) is 0 Å². The Morgan fingerprint density at radius 2 is 1.96 bits per heavy atom. The van der Waals surface area contributed by atoms with Gasteiger partial charge in [0.1, 0.15) is 0 Å². The molecule has 26 heavy (non-hydrogen) atoms. The van der Waals surface area contributed by atoms with Crippen LogP contribution in [0.3, 0.4) is 0 Å². The van der Waals surface area contributed by atoms with Crippen LogP contribution in [0.1, 0.15) is 44.2 Å². The Morgan fingerprint density at radius 3 is 2.77 bits per heavy atom. The number of hydrogen-bond acceptors (Lipinski definition) is 4. The molecule has 1 spiro atoms. The minimum atomic E-state index is -0.0932. The summed E-state index contributed by atoms with van der Waals surface area (Å²) in [7, 11) is 0. The summed E-state index contributed by atoms with van der Waals surface area (Å²) in [6.07, 6.45) is 8.29. The Balaban J connectivity index is 1.34. The van der Waals surface area contributed by atoms with Gasteiger partial charge < -0.3 is 9.64 Å².